The van der Waals surface area contributed by atoms with Crippen LogP contribution in [0.3, 0.4) is 0 Å². The van der Waals surface area contributed by atoms with Crippen LogP contribution in [0.15, 0.2) is 107 Å². The SMILES string of the molecule is O=C(O)CCNc1nc(Nc2ccccc2)nc(Nc2ccc(/C=C/c3ccc(Nc4nc(NCCC(=O)NCCF)nc(Nc5ccccc5)n4)cc3S(=O)(=O)O)c(S(=O)(=O)O)c2)n1. The predicted molar refractivity (Wildman–Crippen MR) is 240 cm³/mol. The lowest BCUT2D eigenvalue weighted by Crippen LogP contribution is -2.27. The van der Waals surface area contributed by atoms with E-state index in [4.69, 9.17) is 5.11 Å². The van der Waals surface area contributed by atoms with Crippen molar-refractivity contribution < 1.29 is 45.0 Å². The van der Waals surface area contributed by atoms with Gasteiger partial charge >= 0.3 is 5.97 Å². The number of carboxylic acid groups (broad SMARTS) is 1. The van der Waals surface area contributed by atoms with Gasteiger partial charge in [-0.05, 0) is 59.7 Å². The molecular weight excluding hydrogens is 890 g/mol. The summed E-state index contributed by atoms with van der Waals surface area (Å²) < 4.78 is 83.7. The van der Waals surface area contributed by atoms with E-state index in [-0.39, 0.29) is 90.7 Å². The minimum atomic E-state index is -4.92. The van der Waals surface area contributed by atoms with Gasteiger partial charge in [0.25, 0.3) is 20.2 Å². The number of carbonyl (C=O) groups is 2. The number of benzene rings is 4. The van der Waals surface area contributed by atoms with Gasteiger partial charge in [-0.1, -0.05) is 60.7 Å². The Morgan fingerprint density at radius 1 is 0.523 bits per heavy atom. The summed E-state index contributed by atoms with van der Waals surface area (Å²) in [7, 11) is -9.84. The first-order valence-electron chi connectivity index (χ1n) is 19.2. The summed E-state index contributed by atoms with van der Waals surface area (Å²) in [5.74, 6) is -1.47. The van der Waals surface area contributed by atoms with Gasteiger partial charge in [0.2, 0.25) is 41.6 Å². The van der Waals surface area contributed by atoms with E-state index in [0.717, 1.165) is 12.1 Å². The molecule has 65 heavy (non-hydrogen) atoms. The fraction of sp³-hybridized carbons (Fsp3) is 0.150. The molecule has 6 aromatic rings. The Labute approximate surface area is 370 Å². The molecule has 0 saturated heterocycles. The summed E-state index contributed by atoms with van der Waals surface area (Å²) in [6.45, 7) is -0.784. The van der Waals surface area contributed by atoms with Crippen LogP contribution in [-0.2, 0) is 29.8 Å². The first-order valence-corrected chi connectivity index (χ1v) is 22.1. The van der Waals surface area contributed by atoms with Crippen molar-refractivity contribution in [3.8, 4) is 0 Å². The van der Waals surface area contributed by atoms with E-state index < -0.39 is 48.6 Å². The monoisotopic (exact) mass is 929 g/mol. The van der Waals surface area contributed by atoms with Gasteiger partial charge in [-0.15, -0.1) is 0 Å². The van der Waals surface area contributed by atoms with Crippen LogP contribution in [0.2, 0.25) is 0 Å². The largest absolute Gasteiger partial charge is 0.481 e. The van der Waals surface area contributed by atoms with E-state index >= 15 is 0 Å². The topological polar surface area (TPSA) is 325 Å². The van der Waals surface area contributed by atoms with Crippen LogP contribution in [0.1, 0.15) is 24.0 Å². The smallest absolute Gasteiger partial charge is 0.305 e. The summed E-state index contributed by atoms with van der Waals surface area (Å²) in [4.78, 5) is 47.7. The normalized spacial score (nSPS) is 11.4. The quantitative estimate of drug-likeness (QED) is 0.0298. The van der Waals surface area contributed by atoms with Crippen LogP contribution in [0.25, 0.3) is 12.2 Å². The van der Waals surface area contributed by atoms with Gasteiger partial charge in [0.05, 0.1) is 6.42 Å². The van der Waals surface area contributed by atoms with Crippen LogP contribution in [0.5, 0.6) is 0 Å². The number of carboxylic acids is 1. The Kier molecular flexibility index (Phi) is 15.4. The van der Waals surface area contributed by atoms with E-state index in [9.17, 15) is 39.9 Å². The van der Waals surface area contributed by atoms with Gasteiger partial charge < -0.3 is 42.3 Å². The van der Waals surface area contributed by atoms with Crippen molar-refractivity contribution in [2.75, 3.05) is 58.2 Å². The molecule has 0 fully saturated rings. The van der Waals surface area contributed by atoms with E-state index in [1.165, 1.54) is 36.4 Å². The molecule has 25 heteroatoms. The highest BCUT2D eigenvalue weighted by Gasteiger charge is 2.19. The molecule has 2 aromatic heterocycles. The van der Waals surface area contributed by atoms with Crippen LogP contribution in [0, 0.1) is 0 Å². The van der Waals surface area contributed by atoms with Gasteiger partial charge in [-0.3, -0.25) is 18.7 Å². The molecule has 338 valence electrons. The summed E-state index contributed by atoms with van der Waals surface area (Å²) in [5, 5.41) is 28.9. The number of carbonyl (C=O) groups excluding carboxylic acids is 1. The lowest BCUT2D eigenvalue weighted by Gasteiger charge is -2.13. The van der Waals surface area contributed by atoms with Crippen LogP contribution in [-0.4, -0.2) is 99.1 Å². The predicted octanol–water partition coefficient (Wildman–Crippen LogP) is 5.47. The third-order valence-corrected chi connectivity index (χ3v) is 10.4. The molecule has 1 amide bonds. The second-order valence-corrected chi connectivity index (χ2v) is 16.2. The highest BCUT2D eigenvalue weighted by Crippen LogP contribution is 2.29. The highest BCUT2D eigenvalue weighted by atomic mass is 32.2. The van der Waals surface area contributed by atoms with Crippen molar-refractivity contribution in [1.82, 2.24) is 35.2 Å². The van der Waals surface area contributed by atoms with Crippen molar-refractivity contribution in [2.24, 2.45) is 0 Å². The molecule has 0 aliphatic rings. The number of anilines is 10. The van der Waals surface area contributed by atoms with E-state index in [2.05, 4.69) is 67.1 Å². The molecule has 10 N–H and O–H groups in total. The minimum absolute atomic E-state index is 0.00177. The zero-order valence-electron chi connectivity index (χ0n) is 33.8. The van der Waals surface area contributed by atoms with Crippen LogP contribution < -0.4 is 37.2 Å². The summed E-state index contributed by atoms with van der Waals surface area (Å²) in [6, 6.07) is 25.4. The zero-order valence-corrected chi connectivity index (χ0v) is 35.4. The minimum Gasteiger partial charge on any atom is -0.481 e. The Balaban J connectivity index is 1.25. The molecule has 0 unspecified atom stereocenters. The van der Waals surface area contributed by atoms with Crippen molar-refractivity contribution >= 4 is 103 Å². The third-order valence-electron chi connectivity index (χ3n) is 8.54. The lowest BCUT2D eigenvalue weighted by atomic mass is 10.1. The average Bonchev–Trinajstić information content (AvgIpc) is 3.25. The molecule has 0 saturated carbocycles. The Bertz CT molecular complexity index is 2900. The molecule has 0 spiro atoms. The van der Waals surface area contributed by atoms with Crippen molar-refractivity contribution in [3.63, 3.8) is 0 Å². The molecular formula is C40H40FN13O9S2. The molecule has 2 heterocycles. The molecule has 0 radical (unpaired) electrons. The number of para-hydroxylation sites is 2. The first kappa shape index (κ1) is 46.6. The average molecular weight is 930 g/mol. The van der Waals surface area contributed by atoms with E-state index in [1.54, 1.807) is 48.5 Å². The van der Waals surface area contributed by atoms with Gasteiger partial charge in [0.15, 0.2) is 0 Å². The number of rotatable bonds is 22. The third kappa shape index (κ3) is 14.3. The highest BCUT2D eigenvalue weighted by molar-refractivity contribution is 7.86. The molecule has 0 bridgehead atoms. The molecule has 0 aliphatic heterocycles. The van der Waals surface area contributed by atoms with Crippen LogP contribution >= 0.6 is 0 Å². The maximum atomic E-state index is 12.7. The standard InChI is InChI=1S/C40H40FN13O9S2/c41-19-22-42-33(55)17-20-43-35-49-37(45-27-7-3-1-4-8-27)53-39(51-35)47-29-15-13-25(31(23-29)64(58,59)60)11-12-26-14-16-30(24-32(26)65(61,62)63)48-40-52-36(44-21-18-34(56)57)50-38(54-40)46-28-9-5-2-6-10-28/h1-16,23-24H,17-22H2,(H,42,55)(H,56,57)(H,58,59,60)(H,61,62,63)(H3,43,45,47,49,51,53)(H3,44,46,48,50,52,54)/b12-11+. The van der Waals surface area contributed by atoms with Crippen molar-refractivity contribution in [1.29, 1.82) is 0 Å². The Hall–Kier alpha value is -7.87. The molecule has 0 aliphatic carbocycles. The summed E-state index contributed by atoms with van der Waals surface area (Å²) in [5.41, 5.74) is 1.28. The second kappa shape index (κ2) is 21.5. The maximum absolute atomic E-state index is 12.7. The van der Waals surface area contributed by atoms with Gasteiger partial charge in [-0.25, -0.2) is 4.39 Å². The number of nitrogens with one attached hydrogen (secondary N) is 7. The fourth-order valence-electron chi connectivity index (χ4n) is 5.66. The molecule has 22 nitrogen and oxygen atoms in total. The number of aliphatic carboxylic acids is 1. The van der Waals surface area contributed by atoms with E-state index in [1.807, 2.05) is 12.1 Å². The zero-order chi connectivity index (χ0) is 46.4. The first-order chi connectivity index (χ1) is 31.1. The number of alkyl halides is 1. The Morgan fingerprint density at radius 3 is 1.29 bits per heavy atom. The van der Waals surface area contributed by atoms with E-state index in [0.29, 0.717) is 11.4 Å². The number of aromatic nitrogens is 6. The Morgan fingerprint density at radius 2 is 0.908 bits per heavy atom. The van der Waals surface area contributed by atoms with Crippen LogP contribution in [0.4, 0.5) is 62.8 Å². The number of hydrogen-bond acceptors (Lipinski definition) is 18. The molecule has 6 rings (SSSR count). The van der Waals surface area contributed by atoms with Gasteiger partial charge in [0.1, 0.15) is 16.5 Å². The molecule has 4 aromatic carbocycles. The number of hydrogen-bond donors (Lipinski definition) is 10. The summed E-state index contributed by atoms with van der Waals surface area (Å²) in [6.07, 6.45) is 2.16. The maximum Gasteiger partial charge on any atom is 0.305 e. The lowest BCUT2D eigenvalue weighted by molar-refractivity contribution is -0.136. The second-order valence-electron chi connectivity index (χ2n) is 13.4. The van der Waals surface area contributed by atoms with Gasteiger partial charge in [0, 0.05) is 48.8 Å². The number of amides is 1. The number of nitrogens with zero attached hydrogens (tertiary/aromatic N) is 6. The molecule has 0 atom stereocenters. The number of halogens is 1. The van der Waals surface area contributed by atoms with Crippen molar-refractivity contribution in [2.45, 2.75) is 22.6 Å². The van der Waals surface area contributed by atoms with Crippen molar-refractivity contribution in [3.05, 3.63) is 108 Å². The summed E-state index contributed by atoms with van der Waals surface area (Å²) >= 11 is 0. The van der Waals surface area contributed by atoms with Gasteiger partial charge in [-0.2, -0.15) is 46.7 Å². The fourth-order valence-corrected chi connectivity index (χ4v) is 7.08.